The van der Waals surface area contributed by atoms with Crippen LogP contribution >= 0.6 is 22.9 Å². The molecular weight excluding hydrogens is 218 g/mol. The minimum Gasteiger partial charge on any atom is -0.379 e. The molecule has 14 heavy (non-hydrogen) atoms. The number of halogens is 1. The second kappa shape index (κ2) is 5.12. The van der Waals surface area contributed by atoms with Gasteiger partial charge >= 0.3 is 0 Å². The molecule has 1 unspecified atom stereocenters. The lowest BCUT2D eigenvalue weighted by molar-refractivity contribution is 0.141. The minimum atomic E-state index is 0.135. The van der Waals surface area contributed by atoms with E-state index < -0.39 is 0 Å². The third-order valence-electron chi connectivity index (χ3n) is 2.29. The van der Waals surface area contributed by atoms with Gasteiger partial charge in [0.15, 0.2) is 0 Å². The van der Waals surface area contributed by atoms with E-state index in [1.807, 2.05) is 0 Å². The summed E-state index contributed by atoms with van der Waals surface area (Å²) in [5, 5.41) is 4.44. The van der Waals surface area contributed by atoms with Gasteiger partial charge in [0.05, 0.1) is 18.6 Å². The summed E-state index contributed by atoms with van der Waals surface area (Å²) in [7, 11) is 0. The second-order valence-electron chi connectivity index (χ2n) is 3.54. The Hall–Kier alpha value is -0.0900. The zero-order valence-electron chi connectivity index (χ0n) is 7.99. The van der Waals surface area contributed by atoms with Crippen LogP contribution in [0.5, 0.6) is 0 Å². The quantitative estimate of drug-likeness (QED) is 0.724. The molecule has 1 aromatic heterocycles. The SMILES string of the molecule is ClC1COCCN(Cc2ccsc2)C1. The fourth-order valence-corrected chi connectivity index (χ4v) is 2.56. The number of hydrogen-bond acceptors (Lipinski definition) is 3. The summed E-state index contributed by atoms with van der Waals surface area (Å²) in [5.41, 5.74) is 1.38. The predicted octanol–water partition coefficient (Wildman–Crippen LogP) is 2.19. The van der Waals surface area contributed by atoms with E-state index in [0.717, 1.165) is 26.2 Å². The van der Waals surface area contributed by atoms with Crippen LogP contribution in [-0.4, -0.2) is 36.6 Å². The summed E-state index contributed by atoms with van der Waals surface area (Å²) in [5.74, 6) is 0. The van der Waals surface area contributed by atoms with Crippen molar-refractivity contribution >= 4 is 22.9 Å². The van der Waals surface area contributed by atoms with E-state index in [1.54, 1.807) is 11.3 Å². The van der Waals surface area contributed by atoms with Crippen molar-refractivity contribution in [3.05, 3.63) is 22.4 Å². The van der Waals surface area contributed by atoms with E-state index in [1.165, 1.54) is 5.56 Å². The lowest BCUT2D eigenvalue weighted by Crippen LogP contribution is -2.29. The van der Waals surface area contributed by atoms with Crippen LogP contribution in [0.2, 0.25) is 0 Å². The van der Waals surface area contributed by atoms with Gasteiger partial charge in [0.25, 0.3) is 0 Å². The van der Waals surface area contributed by atoms with Gasteiger partial charge < -0.3 is 4.74 Å². The van der Waals surface area contributed by atoms with Crippen LogP contribution in [0.3, 0.4) is 0 Å². The largest absolute Gasteiger partial charge is 0.379 e. The van der Waals surface area contributed by atoms with Crippen molar-refractivity contribution in [1.29, 1.82) is 0 Å². The molecule has 0 aliphatic carbocycles. The number of ether oxygens (including phenoxy) is 1. The second-order valence-corrected chi connectivity index (χ2v) is 4.94. The maximum atomic E-state index is 6.09. The summed E-state index contributed by atoms with van der Waals surface area (Å²) in [6.45, 7) is 4.39. The molecule has 1 saturated heterocycles. The molecule has 78 valence electrons. The third-order valence-corrected chi connectivity index (χ3v) is 3.29. The van der Waals surface area contributed by atoms with E-state index in [-0.39, 0.29) is 5.38 Å². The molecule has 1 atom stereocenters. The maximum absolute atomic E-state index is 6.09. The molecule has 0 spiro atoms. The topological polar surface area (TPSA) is 12.5 Å². The highest BCUT2D eigenvalue weighted by molar-refractivity contribution is 7.07. The maximum Gasteiger partial charge on any atom is 0.0696 e. The van der Waals surface area contributed by atoms with Crippen LogP contribution in [0.25, 0.3) is 0 Å². The van der Waals surface area contributed by atoms with Crippen LogP contribution < -0.4 is 0 Å². The number of nitrogens with zero attached hydrogens (tertiary/aromatic N) is 1. The Bertz CT molecular complexity index is 265. The molecule has 2 rings (SSSR count). The number of rotatable bonds is 2. The van der Waals surface area contributed by atoms with E-state index in [0.29, 0.717) is 6.61 Å². The highest BCUT2D eigenvalue weighted by Crippen LogP contribution is 2.12. The van der Waals surface area contributed by atoms with Crippen molar-refractivity contribution in [3.63, 3.8) is 0 Å². The molecule has 1 fully saturated rings. The number of alkyl halides is 1. The Morgan fingerprint density at radius 3 is 3.36 bits per heavy atom. The fraction of sp³-hybridized carbons (Fsp3) is 0.600. The number of thiophene rings is 1. The highest BCUT2D eigenvalue weighted by atomic mass is 35.5. The Balaban J connectivity index is 1.90. The first-order valence-electron chi connectivity index (χ1n) is 4.80. The summed E-state index contributed by atoms with van der Waals surface area (Å²) >= 11 is 7.84. The van der Waals surface area contributed by atoms with Crippen LogP contribution in [0, 0.1) is 0 Å². The van der Waals surface area contributed by atoms with Gasteiger partial charge in [0, 0.05) is 19.6 Å². The molecule has 1 aliphatic heterocycles. The number of hydrogen-bond donors (Lipinski definition) is 0. The average Bonchev–Trinajstić information content (AvgIpc) is 2.56. The molecule has 1 aromatic rings. The lowest BCUT2D eigenvalue weighted by Gasteiger charge is -2.19. The van der Waals surface area contributed by atoms with Gasteiger partial charge in [-0.3, -0.25) is 4.90 Å². The zero-order valence-corrected chi connectivity index (χ0v) is 9.56. The molecule has 0 bridgehead atoms. The molecule has 0 radical (unpaired) electrons. The Labute approximate surface area is 93.4 Å². The third kappa shape index (κ3) is 2.95. The van der Waals surface area contributed by atoms with Crippen molar-refractivity contribution in [2.45, 2.75) is 11.9 Å². The van der Waals surface area contributed by atoms with Gasteiger partial charge in [-0.2, -0.15) is 11.3 Å². The molecule has 0 amide bonds. The molecule has 2 nitrogen and oxygen atoms in total. The molecule has 4 heteroatoms. The smallest absolute Gasteiger partial charge is 0.0696 e. The van der Waals surface area contributed by atoms with Crippen molar-refractivity contribution in [2.75, 3.05) is 26.3 Å². The monoisotopic (exact) mass is 231 g/mol. The molecule has 1 aliphatic rings. The Morgan fingerprint density at radius 2 is 2.57 bits per heavy atom. The average molecular weight is 232 g/mol. The highest BCUT2D eigenvalue weighted by Gasteiger charge is 2.16. The van der Waals surface area contributed by atoms with Crippen LogP contribution in [0.1, 0.15) is 5.56 Å². The molecular formula is C10H14ClNOS. The van der Waals surface area contributed by atoms with Gasteiger partial charge in [-0.05, 0) is 22.4 Å². The first-order valence-corrected chi connectivity index (χ1v) is 6.18. The van der Waals surface area contributed by atoms with Crippen LogP contribution in [-0.2, 0) is 11.3 Å². The van der Waals surface area contributed by atoms with E-state index in [4.69, 9.17) is 16.3 Å². The Kier molecular flexibility index (Phi) is 3.81. The Morgan fingerprint density at radius 1 is 1.64 bits per heavy atom. The van der Waals surface area contributed by atoms with Gasteiger partial charge in [-0.25, -0.2) is 0 Å². The van der Waals surface area contributed by atoms with Gasteiger partial charge in [0.2, 0.25) is 0 Å². The summed E-state index contributed by atoms with van der Waals surface area (Å²) in [6.07, 6.45) is 0. The summed E-state index contributed by atoms with van der Waals surface area (Å²) in [4.78, 5) is 2.35. The van der Waals surface area contributed by atoms with Crippen LogP contribution in [0.4, 0.5) is 0 Å². The van der Waals surface area contributed by atoms with E-state index in [2.05, 4.69) is 21.7 Å². The predicted molar refractivity (Wildman–Crippen MR) is 60.1 cm³/mol. The molecule has 0 saturated carbocycles. The van der Waals surface area contributed by atoms with Crippen molar-refractivity contribution in [1.82, 2.24) is 4.90 Å². The fourth-order valence-electron chi connectivity index (χ4n) is 1.61. The minimum absolute atomic E-state index is 0.135. The summed E-state index contributed by atoms with van der Waals surface area (Å²) < 4.78 is 5.39. The zero-order chi connectivity index (χ0) is 9.80. The van der Waals surface area contributed by atoms with E-state index in [9.17, 15) is 0 Å². The van der Waals surface area contributed by atoms with Crippen molar-refractivity contribution in [3.8, 4) is 0 Å². The summed E-state index contributed by atoms with van der Waals surface area (Å²) in [6, 6.07) is 2.17. The van der Waals surface area contributed by atoms with E-state index >= 15 is 0 Å². The first kappa shape index (κ1) is 10.4. The first-order chi connectivity index (χ1) is 6.84. The molecule has 0 aromatic carbocycles. The van der Waals surface area contributed by atoms with Crippen molar-refractivity contribution < 1.29 is 4.74 Å². The van der Waals surface area contributed by atoms with Crippen molar-refractivity contribution in [2.24, 2.45) is 0 Å². The molecule has 2 heterocycles. The molecule has 0 N–H and O–H groups in total. The van der Waals surface area contributed by atoms with Gasteiger partial charge in [0.1, 0.15) is 0 Å². The normalized spacial score (nSPS) is 24.8. The van der Waals surface area contributed by atoms with Gasteiger partial charge in [-0.1, -0.05) is 0 Å². The van der Waals surface area contributed by atoms with Crippen LogP contribution in [0.15, 0.2) is 16.8 Å². The van der Waals surface area contributed by atoms with Gasteiger partial charge in [-0.15, -0.1) is 11.6 Å². The standard InChI is InChI=1S/C10H14ClNOS/c11-10-6-12(2-3-13-7-10)5-9-1-4-14-8-9/h1,4,8,10H,2-3,5-7H2. The lowest BCUT2D eigenvalue weighted by atomic mass is 10.3.